The molecule has 2 rings (SSSR count). The van der Waals surface area contributed by atoms with Crippen LogP contribution in [0.25, 0.3) is 0 Å². The Hall–Kier alpha value is -0.590. The summed E-state index contributed by atoms with van der Waals surface area (Å²) in [6, 6.07) is 3.99. The molecule has 1 N–H and O–H groups in total. The summed E-state index contributed by atoms with van der Waals surface area (Å²) in [5.41, 5.74) is -0.625. The second-order valence-corrected chi connectivity index (χ2v) is 5.18. The molecule has 1 fully saturated rings. The van der Waals surface area contributed by atoms with Gasteiger partial charge in [-0.1, -0.05) is 22.0 Å². The molecule has 0 bridgehead atoms. The second kappa shape index (κ2) is 5.19. The largest absolute Gasteiger partial charge is 0.416 e. The van der Waals surface area contributed by atoms with Crippen molar-refractivity contribution in [1.29, 1.82) is 0 Å². The van der Waals surface area contributed by atoms with Crippen molar-refractivity contribution in [1.82, 2.24) is 0 Å². The van der Waals surface area contributed by atoms with E-state index in [0.29, 0.717) is 10.9 Å². The molecular weight excluding hydrogens is 313 g/mol. The van der Waals surface area contributed by atoms with Gasteiger partial charge in [0.1, 0.15) is 0 Å². The van der Waals surface area contributed by atoms with Gasteiger partial charge in [-0.2, -0.15) is 13.2 Å². The first-order valence-electron chi connectivity index (χ1n) is 5.54. The number of hydrogen-bond acceptors (Lipinski definition) is 2. The second-order valence-electron chi connectivity index (χ2n) is 4.27. The molecule has 1 aromatic rings. The van der Waals surface area contributed by atoms with Gasteiger partial charge >= 0.3 is 6.18 Å². The zero-order valence-corrected chi connectivity index (χ0v) is 11.0. The molecule has 1 aliphatic rings. The first kappa shape index (κ1) is 13.8. The van der Waals surface area contributed by atoms with E-state index in [9.17, 15) is 18.3 Å². The molecule has 2 atom stereocenters. The maximum absolute atomic E-state index is 12.9. The van der Waals surface area contributed by atoms with Crippen molar-refractivity contribution >= 4 is 15.9 Å². The number of aliphatic hydroxyl groups excluding tert-OH is 1. The smallest absolute Gasteiger partial charge is 0.393 e. The van der Waals surface area contributed by atoms with E-state index >= 15 is 0 Å². The van der Waals surface area contributed by atoms with Crippen molar-refractivity contribution < 1.29 is 23.0 Å². The Balaban J connectivity index is 2.37. The van der Waals surface area contributed by atoms with Gasteiger partial charge in [-0.15, -0.1) is 0 Å². The Morgan fingerprint density at radius 3 is 2.67 bits per heavy atom. The lowest BCUT2D eigenvalue weighted by Gasteiger charge is -2.28. The molecule has 1 saturated heterocycles. The molecule has 0 saturated carbocycles. The van der Waals surface area contributed by atoms with Crippen LogP contribution in [0, 0.1) is 0 Å². The molecule has 18 heavy (non-hydrogen) atoms. The number of aliphatic hydroxyl groups is 1. The molecule has 1 heterocycles. The van der Waals surface area contributed by atoms with Crippen LogP contribution in [0.4, 0.5) is 13.2 Å². The third-order valence-electron chi connectivity index (χ3n) is 2.92. The molecule has 0 spiro atoms. The van der Waals surface area contributed by atoms with Crippen molar-refractivity contribution in [3.63, 3.8) is 0 Å². The van der Waals surface area contributed by atoms with Gasteiger partial charge in [0.15, 0.2) is 0 Å². The van der Waals surface area contributed by atoms with Crippen molar-refractivity contribution in [2.75, 3.05) is 6.61 Å². The summed E-state index contributed by atoms with van der Waals surface area (Å²) >= 11 is 3.03. The van der Waals surface area contributed by atoms with E-state index < -0.39 is 23.9 Å². The number of ether oxygens (including phenoxy) is 1. The normalized spacial score (nSPS) is 25.2. The van der Waals surface area contributed by atoms with E-state index in [4.69, 9.17) is 4.74 Å². The fraction of sp³-hybridized carbons (Fsp3) is 0.500. The minimum Gasteiger partial charge on any atom is -0.393 e. The Labute approximate surface area is 111 Å². The van der Waals surface area contributed by atoms with Crippen molar-refractivity contribution in [2.24, 2.45) is 0 Å². The molecular formula is C12H12BrF3O2. The summed E-state index contributed by atoms with van der Waals surface area (Å²) in [6.07, 6.45) is -5.06. The van der Waals surface area contributed by atoms with Crippen LogP contribution >= 0.6 is 15.9 Å². The van der Waals surface area contributed by atoms with Crippen LogP contribution in [0.2, 0.25) is 0 Å². The summed E-state index contributed by atoms with van der Waals surface area (Å²) in [5.74, 6) is 0. The monoisotopic (exact) mass is 324 g/mol. The molecule has 0 amide bonds. The Kier molecular flexibility index (Phi) is 3.99. The number of benzene rings is 1. The highest BCUT2D eigenvalue weighted by atomic mass is 79.9. The average Bonchev–Trinajstić information content (AvgIpc) is 2.27. The predicted octanol–water partition coefficient (Wildman–Crippen LogP) is 3.68. The third kappa shape index (κ3) is 3.05. The minimum atomic E-state index is -4.43. The number of hydrogen-bond donors (Lipinski definition) is 1. The lowest BCUT2D eigenvalue weighted by molar-refractivity contribution is -0.140. The van der Waals surface area contributed by atoms with Crippen LogP contribution in [-0.4, -0.2) is 17.8 Å². The minimum absolute atomic E-state index is 0.0875. The summed E-state index contributed by atoms with van der Waals surface area (Å²) < 4.78 is 44.5. The molecule has 2 unspecified atom stereocenters. The number of halogens is 4. The van der Waals surface area contributed by atoms with Gasteiger partial charge in [0, 0.05) is 17.5 Å². The molecule has 2 nitrogen and oxygen atoms in total. The fourth-order valence-electron chi connectivity index (χ4n) is 2.05. The Morgan fingerprint density at radius 2 is 2.06 bits per heavy atom. The van der Waals surface area contributed by atoms with Gasteiger partial charge in [0.2, 0.25) is 0 Å². The van der Waals surface area contributed by atoms with Gasteiger partial charge in [-0.25, -0.2) is 0 Å². The van der Waals surface area contributed by atoms with Crippen LogP contribution in [0.15, 0.2) is 22.7 Å². The number of alkyl halides is 3. The van der Waals surface area contributed by atoms with Crippen molar-refractivity contribution in [2.45, 2.75) is 31.2 Å². The molecule has 0 radical (unpaired) electrons. The van der Waals surface area contributed by atoms with E-state index in [1.165, 1.54) is 6.07 Å². The van der Waals surface area contributed by atoms with Crippen LogP contribution in [0.3, 0.4) is 0 Å². The standard InChI is InChI=1S/C12H12BrF3O2/c13-7-1-2-9(10(5-7)12(14,15)16)11-6-8(17)3-4-18-11/h1-2,5,8,11,17H,3-4,6H2. The van der Waals surface area contributed by atoms with Crippen molar-refractivity contribution in [3.8, 4) is 0 Å². The molecule has 1 aliphatic heterocycles. The van der Waals surface area contributed by atoms with E-state index in [1.54, 1.807) is 6.07 Å². The van der Waals surface area contributed by atoms with Gasteiger partial charge < -0.3 is 9.84 Å². The highest BCUT2D eigenvalue weighted by Gasteiger charge is 2.36. The Morgan fingerprint density at radius 1 is 1.33 bits per heavy atom. The summed E-state index contributed by atoms with van der Waals surface area (Å²) in [4.78, 5) is 0. The van der Waals surface area contributed by atoms with Crippen LogP contribution in [0.5, 0.6) is 0 Å². The lowest BCUT2D eigenvalue weighted by atomic mass is 9.95. The van der Waals surface area contributed by atoms with Gasteiger partial charge in [-0.3, -0.25) is 0 Å². The van der Waals surface area contributed by atoms with E-state index in [0.717, 1.165) is 6.07 Å². The van der Waals surface area contributed by atoms with Gasteiger partial charge in [0.25, 0.3) is 0 Å². The highest BCUT2D eigenvalue weighted by Crippen LogP contribution is 2.39. The molecule has 0 aliphatic carbocycles. The van der Waals surface area contributed by atoms with Crippen molar-refractivity contribution in [3.05, 3.63) is 33.8 Å². The quantitative estimate of drug-likeness (QED) is 0.853. The summed E-state index contributed by atoms with van der Waals surface area (Å²) in [6.45, 7) is 0.277. The SMILES string of the molecule is OC1CCOC(c2ccc(Br)cc2C(F)(F)F)C1. The lowest BCUT2D eigenvalue weighted by Crippen LogP contribution is -2.25. The van der Waals surface area contributed by atoms with Gasteiger partial charge in [-0.05, 0) is 24.1 Å². The zero-order valence-electron chi connectivity index (χ0n) is 9.38. The predicted molar refractivity (Wildman–Crippen MR) is 63.1 cm³/mol. The van der Waals surface area contributed by atoms with Crippen LogP contribution in [0.1, 0.15) is 30.1 Å². The molecule has 100 valence electrons. The first-order chi connectivity index (χ1) is 8.38. The van der Waals surface area contributed by atoms with E-state index in [-0.39, 0.29) is 18.6 Å². The fourth-order valence-corrected chi connectivity index (χ4v) is 2.41. The maximum atomic E-state index is 12.9. The first-order valence-corrected chi connectivity index (χ1v) is 6.33. The molecule has 1 aromatic carbocycles. The van der Waals surface area contributed by atoms with E-state index in [1.807, 2.05) is 0 Å². The highest BCUT2D eigenvalue weighted by molar-refractivity contribution is 9.10. The number of rotatable bonds is 1. The van der Waals surface area contributed by atoms with Gasteiger partial charge in [0.05, 0.1) is 17.8 Å². The third-order valence-corrected chi connectivity index (χ3v) is 3.42. The van der Waals surface area contributed by atoms with Crippen LogP contribution in [-0.2, 0) is 10.9 Å². The molecule has 0 aromatic heterocycles. The average molecular weight is 325 g/mol. The Bertz CT molecular complexity index is 434. The topological polar surface area (TPSA) is 29.5 Å². The summed E-state index contributed by atoms with van der Waals surface area (Å²) in [7, 11) is 0. The zero-order chi connectivity index (χ0) is 13.3. The summed E-state index contributed by atoms with van der Waals surface area (Å²) in [5, 5.41) is 9.52. The van der Waals surface area contributed by atoms with Crippen LogP contribution < -0.4 is 0 Å². The molecule has 6 heteroatoms. The van der Waals surface area contributed by atoms with E-state index in [2.05, 4.69) is 15.9 Å². The maximum Gasteiger partial charge on any atom is 0.416 e.